The van der Waals surface area contributed by atoms with Crippen LogP contribution in [0.5, 0.6) is 11.5 Å². The summed E-state index contributed by atoms with van der Waals surface area (Å²) in [4.78, 5) is 21.8. The van der Waals surface area contributed by atoms with Crippen LogP contribution in [0.1, 0.15) is 30.9 Å². The number of nitrogens with zero attached hydrogens (tertiary/aromatic N) is 2. The van der Waals surface area contributed by atoms with E-state index in [0.29, 0.717) is 35.8 Å². The Balaban J connectivity index is 0.00000212. The molecule has 0 unspecified atom stereocenters. The quantitative estimate of drug-likeness (QED) is 0.262. The number of carboxylic acids is 1. The van der Waals surface area contributed by atoms with Crippen LogP contribution in [0.4, 0.5) is 0 Å². The van der Waals surface area contributed by atoms with Crippen molar-refractivity contribution in [2.45, 2.75) is 25.6 Å². The number of aromatic nitrogens is 2. The van der Waals surface area contributed by atoms with E-state index in [0.717, 1.165) is 33.2 Å². The number of benzene rings is 4. The molecule has 1 N–H and O–H groups in total. The van der Waals surface area contributed by atoms with Crippen LogP contribution in [0.25, 0.3) is 21.8 Å². The van der Waals surface area contributed by atoms with Gasteiger partial charge in [0.2, 0.25) is 0 Å². The first-order valence-corrected chi connectivity index (χ1v) is 13.4. The van der Waals surface area contributed by atoms with Gasteiger partial charge in [-0.15, -0.1) is 0 Å². The Morgan fingerprint density at radius 2 is 1.05 bits per heavy atom. The van der Waals surface area contributed by atoms with Crippen molar-refractivity contribution >= 4 is 27.8 Å². The Labute approximate surface area is 267 Å². The van der Waals surface area contributed by atoms with Crippen LogP contribution < -0.4 is 39.0 Å². The third-order valence-corrected chi connectivity index (χ3v) is 7.38. The zero-order valence-corrected chi connectivity index (χ0v) is 25.5. The summed E-state index contributed by atoms with van der Waals surface area (Å²) in [5.41, 5.74) is 3.52. The summed E-state index contributed by atoms with van der Waals surface area (Å²) in [6.07, 6.45) is 0. The van der Waals surface area contributed by atoms with Gasteiger partial charge in [-0.2, -0.15) is 0 Å². The predicted molar refractivity (Wildman–Crippen MR) is 160 cm³/mol. The van der Waals surface area contributed by atoms with Gasteiger partial charge in [0.1, 0.15) is 30.1 Å². The minimum absolute atomic E-state index is 0. The van der Waals surface area contributed by atoms with Crippen molar-refractivity contribution in [2.24, 2.45) is 0 Å². The normalized spacial score (nSPS) is 11.2. The van der Waals surface area contributed by atoms with Gasteiger partial charge < -0.3 is 16.0 Å². The van der Waals surface area contributed by atoms with Crippen LogP contribution in [-0.2, 0) is 23.4 Å². The molecule has 0 bridgehead atoms. The van der Waals surface area contributed by atoms with Crippen molar-refractivity contribution in [1.29, 1.82) is 0 Å². The first-order chi connectivity index (χ1) is 20.0. The topological polar surface area (TPSA) is 81.5 Å². The zero-order valence-electron chi connectivity index (χ0n) is 24.5. The summed E-state index contributed by atoms with van der Waals surface area (Å²) in [6, 6.07) is 38.2. The number of aliphatic carboxylic acids is 1. The maximum atomic E-state index is 12.5. The fourth-order valence-electron chi connectivity index (χ4n) is 4.87. The van der Waals surface area contributed by atoms with E-state index in [1.54, 1.807) is 55.5 Å². The molecule has 204 valence electrons. The predicted octanol–water partition coefficient (Wildman–Crippen LogP) is 4.45. The molecule has 2 heterocycles. The van der Waals surface area contributed by atoms with E-state index in [4.69, 9.17) is 9.47 Å². The second kappa shape index (κ2) is 12.7. The summed E-state index contributed by atoms with van der Waals surface area (Å²) in [5, 5.41) is 12.4. The molecule has 6 aromatic rings. The molecular weight excluding hydrogens is 535 g/mol. The summed E-state index contributed by atoms with van der Waals surface area (Å²) in [7, 11) is 0. The minimum atomic E-state index is -1.25. The number of para-hydroxylation sites is 2. The van der Waals surface area contributed by atoms with E-state index in [1.807, 2.05) is 72.8 Å². The fraction of sp³-hybridized carbons (Fsp3) is 0.114. The average Bonchev–Trinajstić information content (AvgIpc) is 3.02. The summed E-state index contributed by atoms with van der Waals surface area (Å²) in [6.45, 7) is 2.34. The summed E-state index contributed by atoms with van der Waals surface area (Å²) in [5.74, 6) is 0.338. The first kappa shape index (κ1) is 29.3. The van der Waals surface area contributed by atoms with Gasteiger partial charge in [-0.1, -0.05) is 72.8 Å². The molecule has 0 aliphatic carbocycles. The molecule has 6 rings (SSSR count). The van der Waals surface area contributed by atoms with E-state index in [-0.39, 0.29) is 31.0 Å². The van der Waals surface area contributed by atoms with E-state index in [2.05, 4.69) is 9.97 Å². The van der Waals surface area contributed by atoms with Gasteiger partial charge in [-0.25, -0.2) is 9.97 Å². The standard InChI is InChI=1S/C35H28N2O4.Na.H/c1-35(34(38)39,26-12-18-30(19-13-26)40-22-28-16-10-24-6-2-4-8-32(24)36-28)27-14-20-31(21-15-27)41-23-29-17-11-25-7-3-5-9-33(25)37-29;;/h2-21H,22-23H2,1H3,(H,38,39);;/q;+1;-1. The van der Waals surface area contributed by atoms with Crippen LogP contribution in [0.3, 0.4) is 0 Å². The van der Waals surface area contributed by atoms with E-state index in [1.165, 1.54) is 0 Å². The Kier molecular flexibility index (Phi) is 8.88. The van der Waals surface area contributed by atoms with Gasteiger partial charge in [0.05, 0.1) is 22.4 Å². The molecule has 0 aliphatic heterocycles. The van der Waals surface area contributed by atoms with Gasteiger partial charge in [0.15, 0.2) is 0 Å². The van der Waals surface area contributed by atoms with Crippen LogP contribution in [0, 0.1) is 0 Å². The average molecular weight is 565 g/mol. The molecule has 0 saturated heterocycles. The van der Waals surface area contributed by atoms with Crippen molar-refractivity contribution < 1.29 is 50.4 Å². The largest absolute Gasteiger partial charge is 1.00 e. The molecule has 0 aliphatic rings. The van der Waals surface area contributed by atoms with Gasteiger partial charge in [-0.05, 0) is 66.6 Å². The number of fused-ring (bicyclic) bond motifs is 2. The molecule has 2 aromatic heterocycles. The SMILES string of the molecule is CC(C(=O)O)(c1ccc(OCc2ccc3ccccc3n2)cc1)c1ccc(OCc2ccc3ccccc3n2)cc1.[H-].[Na+]. The first-order valence-electron chi connectivity index (χ1n) is 13.4. The monoisotopic (exact) mass is 564 g/mol. The maximum absolute atomic E-state index is 12.5. The molecule has 6 nitrogen and oxygen atoms in total. The zero-order chi connectivity index (χ0) is 28.2. The van der Waals surface area contributed by atoms with E-state index >= 15 is 0 Å². The number of carboxylic acid groups (broad SMARTS) is 1. The number of pyridine rings is 2. The third kappa shape index (κ3) is 6.16. The molecule has 0 saturated carbocycles. The second-order valence-corrected chi connectivity index (χ2v) is 10.0. The molecule has 0 atom stereocenters. The van der Waals surface area contributed by atoms with Crippen molar-refractivity contribution in [2.75, 3.05) is 0 Å². The van der Waals surface area contributed by atoms with Crippen LogP contribution in [0.15, 0.2) is 121 Å². The molecule has 0 radical (unpaired) electrons. The summed E-state index contributed by atoms with van der Waals surface area (Å²) < 4.78 is 11.9. The molecular formula is C35H29N2NaO4. The molecule has 0 spiro atoms. The number of rotatable bonds is 9. The molecule has 0 amide bonds. The van der Waals surface area contributed by atoms with Gasteiger partial charge in [0.25, 0.3) is 0 Å². The third-order valence-electron chi connectivity index (χ3n) is 7.38. The van der Waals surface area contributed by atoms with Crippen molar-refractivity contribution in [1.82, 2.24) is 9.97 Å². The van der Waals surface area contributed by atoms with E-state index in [9.17, 15) is 9.90 Å². The van der Waals surface area contributed by atoms with Crippen LogP contribution in [0.2, 0.25) is 0 Å². The fourth-order valence-corrected chi connectivity index (χ4v) is 4.87. The molecule has 0 fully saturated rings. The molecule has 7 heteroatoms. The molecule has 42 heavy (non-hydrogen) atoms. The van der Waals surface area contributed by atoms with Crippen LogP contribution in [-0.4, -0.2) is 21.0 Å². The van der Waals surface area contributed by atoms with E-state index < -0.39 is 11.4 Å². The molecule has 4 aromatic carbocycles. The van der Waals surface area contributed by atoms with Crippen molar-refractivity contribution in [3.05, 3.63) is 144 Å². The number of ether oxygens (including phenoxy) is 2. The Hall–Kier alpha value is -4.23. The number of hydrogen-bond donors (Lipinski definition) is 1. The Bertz CT molecular complexity index is 1720. The van der Waals surface area contributed by atoms with Gasteiger partial charge in [0, 0.05) is 10.8 Å². The Morgan fingerprint density at radius 3 is 1.45 bits per heavy atom. The number of carbonyl (C=O) groups is 1. The second-order valence-electron chi connectivity index (χ2n) is 10.0. The number of hydrogen-bond acceptors (Lipinski definition) is 5. The van der Waals surface area contributed by atoms with Crippen molar-refractivity contribution in [3.8, 4) is 11.5 Å². The maximum Gasteiger partial charge on any atom is 1.00 e. The minimum Gasteiger partial charge on any atom is -1.00 e. The van der Waals surface area contributed by atoms with Crippen LogP contribution >= 0.6 is 0 Å². The smallest absolute Gasteiger partial charge is 1.00 e. The van der Waals surface area contributed by atoms with Gasteiger partial charge in [-0.3, -0.25) is 4.79 Å². The van der Waals surface area contributed by atoms with Gasteiger partial charge >= 0.3 is 35.5 Å². The summed E-state index contributed by atoms with van der Waals surface area (Å²) >= 11 is 0. The van der Waals surface area contributed by atoms with Crippen molar-refractivity contribution in [3.63, 3.8) is 0 Å². The Morgan fingerprint density at radius 1 is 0.643 bits per heavy atom.